The number of aromatic nitrogens is 4. The number of hydrogen-bond donors (Lipinski definition) is 2. The summed E-state index contributed by atoms with van der Waals surface area (Å²) in [5, 5.41) is 13.0. The third-order valence-corrected chi connectivity index (χ3v) is 4.88. The first kappa shape index (κ1) is 20.4. The lowest BCUT2D eigenvalue weighted by Gasteiger charge is -2.20. The van der Waals surface area contributed by atoms with Gasteiger partial charge in [-0.3, -0.25) is 0 Å². The van der Waals surface area contributed by atoms with Crippen LogP contribution < -0.4 is 10.2 Å². The molecule has 31 heavy (non-hydrogen) atoms. The lowest BCUT2D eigenvalue weighted by atomic mass is 10.1. The molecule has 0 saturated heterocycles. The van der Waals surface area contributed by atoms with Gasteiger partial charge in [-0.25, -0.2) is 15.0 Å². The highest BCUT2D eigenvalue weighted by Crippen LogP contribution is 2.23. The first-order valence-electron chi connectivity index (χ1n) is 10.1. The van der Waals surface area contributed by atoms with Crippen molar-refractivity contribution in [3.8, 4) is 11.4 Å². The van der Waals surface area contributed by atoms with E-state index in [0.29, 0.717) is 24.0 Å². The molecule has 2 N–H and O–H groups in total. The normalized spacial score (nSPS) is 11.7. The Bertz CT molecular complexity index is 1110. The highest BCUT2D eigenvalue weighted by molar-refractivity contribution is 5.61. The van der Waals surface area contributed by atoms with Crippen LogP contribution in [0.5, 0.6) is 0 Å². The molecule has 0 spiro atoms. The van der Waals surface area contributed by atoms with Crippen molar-refractivity contribution in [3.63, 3.8) is 0 Å². The number of rotatable bonds is 8. The fraction of sp³-hybridized carbons (Fsp3) is 0.167. The number of aliphatic hydroxyl groups excluding tert-OH is 1. The summed E-state index contributed by atoms with van der Waals surface area (Å²) in [5.74, 6) is 2.52. The molecule has 0 aliphatic heterocycles. The van der Waals surface area contributed by atoms with Gasteiger partial charge >= 0.3 is 0 Å². The van der Waals surface area contributed by atoms with Gasteiger partial charge in [-0.2, -0.15) is 4.98 Å². The lowest BCUT2D eigenvalue weighted by molar-refractivity contribution is 0.273. The van der Waals surface area contributed by atoms with Gasteiger partial charge in [0.2, 0.25) is 5.95 Å². The molecule has 4 aromatic rings. The minimum Gasteiger partial charge on any atom is -0.394 e. The molecule has 0 unspecified atom stereocenters. The van der Waals surface area contributed by atoms with Gasteiger partial charge in [-0.15, -0.1) is 0 Å². The van der Waals surface area contributed by atoms with Crippen molar-refractivity contribution in [2.24, 2.45) is 0 Å². The molecular formula is C24H24N6O. The van der Waals surface area contributed by atoms with E-state index in [-0.39, 0.29) is 12.6 Å². The topological polar surface area (TPSA) is 87.1 Å². The van der Waals surface area contributed by atoms with Crippen LogP contribution in [0.15, 0.2) is 85.2 Å². The Hall–Kier alpha value is -3.84. The Kier molecular flexibility index (Phi) is 6.44. The molecule has 156 valence electrons. The molecule has 0 amide bonds. The van der Waals surface area contributed by atoms with E-state index in [2.05, 4.69) is 25.3 Å². The van der Waals surface area contributed by atoms with Crippen molar-refractivity contribution in [1.29, 1.82) is 0 Å². The monoisotopic (exact) mass is 412 g/mol. The summed E-state index contributed by atoms with van der Waals surface area (Å²) >= 11 is 0. The summed E-state index contributed by atoms with van der Waals surface area (Å²) in [6, 6.07) is 23.3. The number of aliphatic hydroxyl groups is 1. The van der Waals surface area contributed by atoms with Crippen LogP contribution >= 0.6 is 0 Å². The SMILES string of the molecule is CN(c1ccnc(N[C@@H](CO)Cc2ccccc2)n1)c1ccnc(-c2ccccc2)n1. The number of nitrogens with zero attached hydrogens (tertiary/aromatic N) is 5. The molecular weight excluding hydrogens is 388 g/mol. The molecule has 7 nitrogen and oxygen atoms in total. The average Bonchev–Trinajstić information content (AvgIpc) is 2.84. The minimum absolute atomic E-state index is 0.0231. The van der Waals surface area contributed by atoms with E-state index in [1.807, 2.05) is 84.7 Å². The zero-order chi connectivity index (χ0) is 21.5. The van der Waals surface area contributed by atoms with Gasteiger partial charge < -0.3 is 15.3 Å². The van der Waals surface area contributed by atoms with Gasteiger partial charge in [-0.1, -0.05) is 60.7 Å². The summed E-state index contributed by atoms with van der Waals surface area (Å²) in [7, 11) is 1.90. The van der Waals surface area contributed by atoms with Crippen molar-refractivity contribution in [2.75, 3.05) is 23.9 Å². The van der Waals surface area contributed by atoms with Crippen LogP contribution in [0.25, 0.3) is 11.4 Å². The first-order chi connectivity index (χ1) is 15.2. The molecule has 2 aromatic carbocycles. The molecule has 0 fully saturated rings. The minimum atomic E-state index is -0.188. The second-order valence-corrected chi connectivity index (χ2v) is 7.12. The average molecular weight is 412 g/mol. The van der Waals surface area contributed by atoms with E-state index in [0.717, 1.165) is 16.9 Å². The Morgan fingerprint density at radius 2 is 1.48 bits per heavy atom. The molecule has 0 aliphatic rings. The summed E-state index contributed by atoms with van der Waals surface area (Å²) in [5.41, 5.74) is 2.09. The molecule has 2 aromatic heterocycles. The van der Waals surface area contributed by atoms with Crippen molar-refractivity contribution in [2.45, 2.75) is 12.5 Å². The molecule has 0 radical (unpaired) electrons. The van der Waals surface area contributed by atoms with Gasteiger partial charge in [0.1, 0.15) is 11.6 Å². The van der Waals surface area contributed by atoms with Crippen LogP contribution in [0, 0.1) is 0 Å². The van der Waals surface area contributed by atoms with Crippen LogP contribution in [0.1, 0.15) is 5.56 Å². The lowest BCUT2D eigenvalue weighted by Crippen LogP contribution is -2.27. The van der Waals surface area contributed by atoms with Crippen molar-refractivity contribution in [3.05, 3.63) is 90.8 Å². The number of hydrogen-bond acceptors (Lipinski definition) is 7. The number of benzene rings is 2. The van der Waals surface area contributed by atoms with E-state index < -0.39 is 0 Å². The van der Waals surface area contributed by atoms with Crippen LogP contribution in [-0.4, -0.2) is 44.7 Å². The molecule has 1 atom stereocenters. The molecule has 4 rings (SSSR count). The predicted octanol–water partition coefficient (Wildman–Crippen LogP) is 3.72. The number of nitrogens with one attached hydrogen (secondary N) is 1. The zero-order valence-corrected chi connectivity index (χ0v) is 17.3. The second kappa shape index (κ2) is 9.77. The van der Waals surface area contributed by atoms with E-state index in [4.69, 9.17) is 0 Å². The maximum absolute atomic E-state index is 9.80. The van der Waals surface area contributed by atoms with E-state index >= 15 is 0 Å². The molecule has 2 heterocycles. The van der Waals surface area contributed by atoms with Gasteiger partial charge in [0, 0.05) is 25.0 Å². The Morgan fingerprint density at radius 1 is 0.839 bits per heavy atom. The fourth-order valence-corrected chi connectivity index (χ4v) is 3.23. The van der Waals surface area contributed by atoms with Gasteiger partial charge in [-0.05, 0) is 24.1 Å². The Morgan fingerprint density at radius 3 is 2.19 bits per heavy atom. The summed E-state index contributed by atoms with van der Waals surface area (Å²) in [4.78, 5) is 19.9. The van der Waals surface area contributed by atoms with Crippen molar-refractivity contribution in [1.82, 2.24) is 19.9 Å². The largest absolute Gasteiger partial charge is 0.394 e. The first-order valence-corrected chi connectivity index (χ1v) is 10.1. The third-order valence-electron chi connectivity index (χ3n) is 4.88. The van der Waals surface area contributed by atoms with E-state index in [1.165, 1.54) is 0 Å². The fourth-order valence-electron chi connectivity index (χ4n) is 3.23. The second-order valence-electron chi connectivity index (χ2n) is 7.12. The number of anilines is 3. The summed E-state index contributed by atoms with van der Waals surface area (Å²) < 4.78 is 0. The van der Waals surface area contributed by atoms with E-state index in [9.17, 15) is 5.11 Å². The van der Waals surface area contributed by atoms with E-state index in [1.54, 1.807) is 12.4 Å². The Balaban J connectivity index is 1.51. The zero-order valence-electron chi connectivity index (χ0n) is 17.3. The molecule has 0 saturated carbocycles. The highest BCUT2D eigenvalue weighted by atomic mass is 16.3. The predicted molar refractivity (Wildman–Crippen MR) is 122 cm³/mol. The van der Waals surface area contributed by atoms with Crippen molar-refractivity contribution < 1.29 is 5.11 Å². The van der Waals surface area contributed by atoms with Crippen LogP contribution in [-0.2, 0) is 6.42 Å². The third kappa shape index (κ3) is 5.21. The van der Waals surface area contributed by atoms with Crippen LogP contribution in [0.3, 0.4) is 0 Å². The van der Waals surface area contributed by atoms with Crippen LogP contribution in [0.2, 0.25) is 0 Å². The van der Waals surface area contributed by atoms with Gasteiger partial charge in [0.15, 0.2) is 5.82 Å². The van der Waals surface area contributed by atoms with Gasteiger partial charge in [0.05, 0.1) is 12.6 Å². The van der Waals surface area contributed by atoms with Crippen LogP contribution in [0.4, 0.5) is 17.6 Å². The molecule has 7 heteroatoms. The maximum Gasteiger partial charge on any atom is 0.224 e. The quantitative estimate of drug-likeness (QED) is 0.456. The van der Waals surface area contributed by atoms with Gasteiger partial charge in [0.25, 0.3) is 0 Å². The molecule has 0 bridgehead atoms. The molecule has 0 aliphatic carbocycles. The maximum atomic E-state index is 9.80. The summed E-state index contributed by atoms with van der Waals surface area (Å²) in [6.07, 6.45) is 4.10. The standard InChI is InChI=1S/C24H24N6O/c1-30(21-12-14-25-23(28-21)19-10-6-3-7-11-19)22-13-15-26-24(29-22)27-20(17-31)16-18-8-4-2-5-9-18/h2-15,20,31H,16-17H2,1H3,(H,26,27,29)/t20-/m1/s1. The Labute approximate surface area is 181 Å². The highest BCUT2D eigenvalue weighted by Gasteiger charge is 2.13. The smallest absolute Gasteiger partial charge is 0.224 e. The summed E-state index contributed by atoms with van der Waals surface area (Å²) in [6.45, 7) is -0.0231. The van der Waals surface area contributed by atoms with Crippen molar-refractivity contribution >= 4 is 17.6 Å².